The number of aryl methyl sites for hydroxylation is 1. The molecule has 3 nitrogen and oxygen atoms in total. The molecule has 3 heteroatoms. The molecule has 0 amide bonds. The molecule has 0 bridgehead atoms. The summed E-state index contributed by atoms with van der Waals surface area (Å²) in [5.74, 6) is 0.705. The molecule has 2 aromatic rings. The van der Waals surface area contributed by atoms with Gasteiger partial charge in [0.1, 0.15) is 5.58 Å². The lowest BCUT2D eigenvalue weighted by Crippen LogP contribution is -1.98. The topological polar surface area (TPSA) is 48.4 Å². The number of hydrogen-bond acceptors (Lipinski definition) is 3. The van der Waals surface area contributed by atoms with Crippen molar-refractivity contribution in [2.45, 2.75) is 13.8 Å². The van der Waals surface area contributed by atoms with Crippen LogP contribution in [0.2, 0.25) is 0 Å². The Morgan fingerprint density at radius 1 is 1.29 bits per heavy atom. The van der Waals surface area contributed by atoms with Crippen LogP contribution < -0.4 is 10.5 Å². The van der Waals surface area contributed by atoms with Crippen LogP contribution in [0.25, 0.3) is 11.0 Å². The zero-order valence-corrected chi connectivity index (χ0v) is 8.55. The van der Waals surface area contributed by atoms with Gasteiger partial charge in [0.05, 0.1) is 24.4 Å². The maximum atomic E-state index is 5.95. The maximum Gasteiger partial charge on any atom is 0.153 e. The number of methoxy groups -OCH3 is 1. The van der Waals surface area contributed by atoms with Gasteiger partial charge < -0.3 is 14.9 Å². The minimum atomic E-state index is 0.693. The van der Waals surface area contributed by atoms with E-state index < -0.39 is 0 Å². The molecule has 1 aromatic heterocycles. The highest BCUT2D eigenvalue weighted by molar-refractivity contribution is 5.93. The van der Waals surface area contributed by atoms with Gasteiger partial charge in [0.15, 0.2) is 5.75 Å². The number of ether oxygens (including phenoxy) is 1. The van der Waals surface area contributed by atoms with E-state index in [0.29, 0.717) is 11.4 Å². The first-order valence-corrected chi connectivity index (χ1v) is 4.46. The van der Waals surface area contributed by atoms with E-state index in [9.17, 15) is 0 Å². The summed E-state index contributed by atoms with van der Waals surface area (Å²) >= 11 is 0. The van der Waals surface area contributed by atoms with Crippen molar-refractivity contribution in [2.75, 3.05) is 12.8 Å². The normalized spacial score (nSPS) is 10.8. The van der Waals surface area contributed by atoms with Crippen LogP contribution in [-0.2, 0) is 0 Å². The van der Waals surface area contributed by atoms with Crippen molar-refractivity contribution in [1.29, 1.82) is 0 Å². The highest BCUT2D eigenvalue weighted by atomic mass is 16.5. The highest BCUT2D eigenvalue weighted by Gasteiger charge is 2.14. The standard InChI is InChI=1S/C11H13NO2/c1-6-7(2)10-8(4-5-14-10)11(13-3)9(6)12/h4-5H,12H2,1-3H3. The number of anilines is 1. The summed E-state index contributed by atoms with van der Waals surface area (Å²) < 4.78 is 10.7. The largest absolute Gasteiger partial charge is 0.494 e. The number of benzene rings is 1. The zero-order valence-electron chi connectivity index (χ0n) is 8.55. The Morgan fingerprint density at radius 2 is 2.00 bits per heavy atom. The number of hydrogen-bond donors (Lipinski definition) is 1. The smallest absolute Gasteiger partial charge is 0.153 e. The van der Waals surface area contributed by atoms with E-state index >= 15 is 0 Å². The first-order chi connectivity index (χ1) is 6.66. The summed E-state index contributed by atoms with van der Waals surface area (Å²) in [6.45, 7) is 3.96. The van der Waals surface area contributed by atoms with Crippen LogP contribution in [0.4, 0.5) is 5.69 Å². The molecule has 1 aromatic carbocycles. The first kappa shape index (κ1) is 8.94. The number of furan rings is 1. The van der Waals surface area contributed by atoms with Crippen molar-refractivity contribution in [2.24, 2.45) is 0 Å². The van der Waals surface area contributed by atoms with Gasteiger partial charge in [-0.05, 0) is 31.0 Å². The Balaban J connectivity index is 2.95. The summed E-state index contributed by atoms with van der Waals surface area (Å²) in [6, 6.07) is 1.87. The molecule has 0 aliphatic rings. The van der Waals surface area contributed by atoms with Crippen molar-refractivity contribution >= 4 is 16.7 Å². The molecule has 1 heterocycles. The quantitative estimate of drug-likeness (QED) is 0.705. The van der Waals surface area contributed by atoms with Crippen LogP contribution in [0, 0.1) is 13.8 Å². The van der Waals surface area contributed by atoms with Gasteiger partial charge in [0.25, 0.3) is 0 Å². The van der Waals surface area contributed by atoms with E-state index in [0.717, 1.165) is 22.1 Å². The molecule has 0 atom stereocenters. The Kier molecular flexibility index (Phi) is 1.88. The molecule has 0 unspecified atom stereocenters. The van der Waals surface area contributed by atoms with Gasteiger partial charge in [-0.2, -0.15) is 0 Å². The number of rotatable bonds is 1. The Morgan fingerprint density at radius 3 is 2.64 bits per heavy atom. The average Bonchev–Trinajstić information content (AvgIpc) is 2.64. The Hall–Kier alpha value is -1.64. The van der Waals surface area contributed by atoms with E-state index in [1.807, 2.05) is 19.9 Å². The van der Waals surface area contributed by atoms with Crippen LogP contribution in [0.1, 0.15) is 11.1 Å². The maximum absolute atomic E-state index is 5.95. The zero-order chi connectivity index (χ0) is 10.3. The molecule has 14 heavy (non-hydrogen) atoms. The molecule has 0 fully saturated rings. The van der Waals surface area contributed by atoms with Crippen LogP contribution in [0.3, 0.4) is 0 Å². The summed E-state index contributed by atoms with van der Waals surface area (Å²) in [5, 5.41) is 0.938. The third kappa shape index (κ3) is 0.985. The minimum Gasteiger partial charge on any atom is -0.494 e. The predicted molar refractivity (Wildman–Crippen MR) is 56.7 cm³/mol. The van der Waals surface area contributed by atoms with Gasteiger partial charge >= 0.3 is 0 Å². The fourth-order valence-corrected chi connectivity index (χ4v) is 1.69. The molecule has 0 spiro atoms. The van der Waals surface area contributed by atoms with Crippen molar-refractivity contribution in [3.63, 3.8) is 0 Å². The van der Waals surface area contributed by atoms with E-state index in [1.165, 1.54) is 0 Å². The van der Waals surface area contributed by atoms with Crippen molar-refractivity contribution < 1.29 is 9.15 Å². The summed E-state index contributed by atoms with van der Waals surface area (Å²) in [7, 11) is 1.62. The fourth-order valence-electron chi connectivity index (χ4n) is 1.69. The van der Waals surface area contributed by atoms with Crippen molar-refractivity contribution in [3.8, 4) is 5.75 Å². The van der Waals surface area contributed by atoms with E-state index in [1.54, 1.807) is 13.4 Å². The molecular weight excluding hydrogens is 178 g/mol. The second-order valence-corrected chi connectivity index (χ2v) is 3.36. The van der Waals surface area contributed by atoms with Crippen LogP contribution in [-0.4, -0.2) is 7.11 Å². The Labute approximate surface area is 82.5 Å². The minimum absolute atomic E-state index is 0.693. The molecule has 0 aliphatic carbocycles. The first-order valence-electron chi connectivity index (χ1n) is 4.46. The third-order valence-electron chi connectivity index (χ3n) is 2.67. The van der Waals surface area contributed by atoms with Gasteiger partial charge in [-0.3, -0.25) is 0 Å². The summed E-state index contributed by atoms with van der Waals surface area (Å²) in [6.07, 6.45) is 1.65. The summed E-state index contributed by atoms with van der Waals surface area (Å²) in [5.41, 5.74) is 9.59. The van der Waals surface area contributed by atoms with Crippen LogP contribution in [0.15, 0.2) is 16.7 Å². The predicted octanol–water partition coefficient (Wildman–Crippen LogP) is 2.64. The van der Waals surface area contributed by atoms with E-state index in [-0.39, 0.29) is 0 Å². The molecule has 74 valence electrons. The summed E-state index contributed by atoms with van der Waals surface area (Å²) in [4.78, 5) is 0. The van der Waals surface area contributed by atoms with Gasteiger partial charge in [-0.1, -0.05) is 0 Å². The number of nitrogen functional groups attached to an aromatic ring is 1. The average molecular weight is 191 g/mol. The molecule has 0 radical (unpaired) electrons. The molecule has 2 N–H and O–H groups in total. The lowest BCUT2D eigenvalue weighted by Gasteiger charge is -2.11. The molecule has 2 rings (SSSR count). The van der Waals surface area contributed by atoms with Crippen molar-refractivity contribution in [1.82, 2.24) is 0 Å². The monoisotopic (exact) mass is 191 g/mol. The third-order valence-corrected chi connectivity index (χ3v) is 2.67. The second kappa shape index (κ2) is 2.94. The highest BCUT2D eigenvalue weighted by Crippen LogP contribution is 2.37. The lowest BCUT2D eigenvalue weighted by molar-refractivity contribution is 0.421. The molecule has 0 aliphatic heterocycles. The van der Waals surface area contributed by atoms with Crippen molar-refractivity contribution in [3.05, 3.63) is 23.5 Å². The van der Waals surface area contributed by atoms with Crippen LogP contribution in [0.5, 0.6) is 5.75 Å². The second-order valence-electron chi connectivity index (χ2n) is 3.36. The number of fused-ring (bicyclic) bond motifs is 1. The van der Waals surface area contributed by atoms with E-state index in [2.05, 4.69) is 0 Å². The van der Waals surface area contributed by atoms with Gasteiger partial charge in [-0.25, -0.2) is 0 Å². The molecular formula is C11H13NO2. The van der Waals surface area contributed by atoms with Gasteiger partial charge in [0, 0.05) is 0 Å². The molecule has 0 saturated heterocycles. The van der Waals surface area contributed by atoms with Gasteiger partial charge in [0.2, 0.25) is 0 Å². The SMILES string of the molecule is COc1c(N)c(C)c(C)c2occc12. The Bertz CT molecular complexity index is 485. The lowest BCUT2D eigenvalue weighted by atomic mass is 10.0. The fraction of sp³-hybridized carbons (Fsp3) is 0.273. The van der Waals surface area contributed by atoms with Gasteiger partial charge in [-0.15, -0.1) is 0 Å². The number of nitrogens with two attached hydrogens (primary N) is 1. The van der Waals surface area contributed by atoms with E-state index in [4.69, 9.17) is 14.9 Å². The van der Waals surface area contributed by atoms with Crippen LogP contribution >= 0.6 is 0 Å². The molecule has 0 saturated carbocycles.